The number of nitrogens with one attached hydrogen (secondary N) is 1. The molecule has 0 saturated carbocycles. The molecule has 0 aliphatic heterocycles. The van der Waals surface area contributed by atoms with Crippen molar-refractivity contribution in [2.75, 3.05) is 17.1 Å². The van der Waals surface area contributed by atoms with Crippen molar-refractivity contribution in [1.82, 2.24) is 10.2 Å². The fourth-order valence-electron chi connectivity index (χ4n) is 4.87. The summed E-state index contributed by atoms with van der Waals surface area (Å²) in [4.78, 5) is 29.1. The molecular weight excluding hydrogens is 602 g/mol. The van der Waals surface area contributed by atoms with Crippen molar-refractivity contribution < 1.29 is 18.0 Å². The van der Waals surface area contributed by atoms with Crippen LogP contribution in [0.3, 0.4) is 0 Å². The zero-order valence-corrected chi connectivity index (χ0v) is 26.8. The highest BCUT2D eigenvalue weighted by atomic mass is 79.9. The van der Waals surface area contributed by atoms with E-state index in [1.807, 2.05) is 100 Å². The van der Waals surface area contributed by atoms with Crippen LogP contribution in [-0.4, -0.2) is 50.0 Å². The SMILES string of the molecule is Cc1cc(C)cc(N(CCCC(=O)N(Cc2cccc(Br)c2)[C@@H](Cc2ccccc2)C(=O)NC(C)C)S(C)(=O)=O)c1. The lowest BCUT2D eigenvalue weighted by Gasteiger charge is -2.32. The van der Waals surface area contributed by atoms with Crippen LogP contribution in [0.2, 0.25) is 0 Å². The van der Waals surface area contributed by atoms with Crippen molar-refractivity contribution in [3.63, 3.8) is 0 Å². The summed E-state index contributed by atoms with van der Waals surface area (Å²) in [6, 6.07) is 22.2. The maximum atomic E-state index is 13.9. The Hall–Kier alpha value is -3.17. The molecule has 0 aliphatic carbocycles. The lowest BCUT2D eigenvalue weighted by molar-refractivity contribution is -0.141. The van der Waals surface area contributed by atoms with Crippen LogP contribution in [-0.2, 0) is 32.6 Å². The molecule has 0 saturated heterocycles. The van der Waals surface area contributed by atoms with Crippen molar-refractivity contribution in [3.05, 3.63) is 99.5 Å². The van der Waals surface area contributed by atoms with E-state index in [-0.39, 0.29) is 37.4 Å². The molecule has 220 valence electrons. The number of carbonyl (C=O) groups is 2. The van der Waals surface area contributed by atoms with Crippen LogP contribution in [0.4, 0.5) is 5.69 Å². The van der Waals surface area contributed by atoms with Gasteiger partial charge in [-0.3, -0.25) is 13.9 Å². The van der Waals surface area contributed by atoms with E-state index in [1.165, 1.54) is 10.6 Å². The molecule has 0 spiro atoms. The number of aryl methyl sites for hydroxylation is 2. The first-order valence-corrected chi connectivity index (χ1v) is 16.4. The molecule has 0 radical (unpaired) electrons. The van der Waals surface area contributed by atoms with E-state index in [9.17, 15) is 18.0 Å². The van der Waals surface area contributed by atoms with Crippen LogP contribution >= 0.6 is 15.9 Å². The normalized spacial score (nSPS) is 12.2. The molecule has 9 heteroatoms. The Labute approximate surface area is 253 Å². The predicted molar refractivity (Wildman–Crippen MR) is 169 cm³/mol. The largest absolute Gasteiger partial charge is 0.352 e. The summed E-state index contributed by atoms with van der Waals surface area (Å²) < 4.78 is 27.7. The van der Waals surface area contributed by atoms with Crippen molar-refractivity contribution >= 4 is 43.5 Å². The molecule has 0 fully saturated rings. The number of anilines is 1. The van der Waals surface area contributed by atoms with Crippen LogP contribution in [0.5, 0.6) is 0 Å². The molecule has 1 N–H and O–H groups in total. The topological polar surface area (TPSA) is 86.8 Å². The molecule has 7 nitrogen and oxygen atoms in total. The van der Waals surface area contributed by atoms with Crippen molar-refractivity contribution in [1.29, 1.82) is 0 Å². The van der Waals surface area contributed by atoms with Gasteiger partial charge in [0, 0.05) is 36.4 Å². The molecule has 0 aliphatic rings. The fourth-order valence-corrected chi connectivity index (χ4v) is 6.26. The van der Waals surface area contributed by atoms with Gasteiger partial charge in [0.25, 0.3) is 0 Å². The molecule has 0 heterocycles. The summed E-state index contributed by atoms with van der Waals surface area (Å²) >= 11 is 3.51. The lowest BCUT2D eigenvalue weighted by Crippen LogP contribution is -2.51. The van der Waals surface area contributed by atoms with Crippen LogP contribution < -0.4 is 9.62 Å². The molecule has 0 unspecified atom stereocenters. The van der Waals surface area contributed by atoms with Gasteiger partial charge in [-0.1, -0.05) is 64.5 Å². The van der Waals surface area contributed by atoms with E-state index in [4.69, 9.17) is 0 Å². The first kappa shape index (κ1) is 32.3. The van der Waals surface area contributed by atoms with Gasteiger partial charge in [0.05, 0.1) is 11.9 Å². The fraction of sp³-hybridized carbons (Fsp3) is 0.375. The third-order valence-electron chi connectivity index (χ3n) is 6.59. The summed E-state index contributed by atoms with van der Waals surface area (Å²) in [5.74, 6) is -0.432. The molecule has 1 atom stereocenters. The number of rotatable bonds is 13. The number of hydrogen-bond acceptors (Lipinski definition) is 4. The van der Waals surface area contributed by atoms with E-state index in [0.29, 0.717) is 18.5 Å². The molecule has 3 aromatic rings. The van der Waals surface area contributed by atoms with E-state index in [2.05, 4.69) is 21.2 Å². The van der Waals surface area contributed by atoms with Crippen molar-refractivity contribution in [3.8, 4) is 0 Å². The molecule has 3 rings (SSSR count). The maximum absolute atomic E-state index is 13.9. The number of benzene rings is 3. The first-order chi connectivity index (χ1) is 19.3. The number of carbonyl (C=O) groups excluding carboxylic acids is 2. The first-order valence-electron chi connectivity index (χ1n) is 13.8. The minimum Gasteiger partial charge on any atom is -0.352 e. The highest BCUT2D eigenvalue weighted by Gasteiger charge is 2.31. The van der Waals surface area contributed by atoms with Gasteiger partial charge in [0.2, 0.25) is 21.8 Å². The molecule has 41 heavy (non-hydrogen) atoms. The molecule has 0 bridgehead atoms. The van der Waals surface area contributed by atoms with E-state index >= 15 is 0 Å². The van der Waals surface area contributed by atoms with Gasteiger partial charge in [-0.25, -0.2) is 8.42 Å². The van der Waals surface area contributed by atoms with Gasteiger partial charge in [-0.2, -0.15) is 0 Å². The number of sulfonamides is 1. The van der Waals surface area contributed by atoms with Gasteiger partial charge in [0.15, 0.2) is 0 Å². The van der Waals surface area contributed by atoms with Gasteiger partial charge < -0.3 is 10.2 Å². The zero-order chi connectivity index (χ0) is 30.2. The summed E-state index contributed by atoms with van der Waals surface area (Å²) in [6.45, 7) is 8.04. The second-order valence-corrected chi connectivity index (χ2v) is 13.6. The Balaban J connectivity index is 1.89. The average Bonchev–Trinajstić information content (AvgIpc) is 2.87. The van der Waals surface area contributed by atoms with Gasteiger partial charge in [-0.05, 0) is 80.6 Å². The maximum Gasteiger partial charge on any atom is 0.243 e. The summed E-state index contributed by atoms with van der Waals surface area (Å²) in [6.07, 6.45) is 1.93. The minimum atomic E-state index is -3.57. The smallest absolute Gasteiger partial charge is 0.243 e. The number of amides is 2. The predicted octanol–water partition coefficient (Wildman–Crippen LogP) is 5.78. The van der Waals surface area contributed by atoms with Crippen LogP contribution in [0.15, 0.2) is 77.3 Å². The monoisotopic (exact) mass is 641 g/mol. The molecule has 3 aromatic carbocycles. The van der Waals surface area contributed by atoms with Gasteiger partial charge in [-0.15, -0.1) is 0 Å². The van der Waals surface area contributed by atoms with Crippen molar-refractivity contribution in [2.24, 2.45) is 0 Å². The lowest BCUT2D eigenvalue weighted by atomic mass is 10.0. The highest BCUT2D eigenvalue weighted by molar-refractivity contribution is 9.10. The van der Waals surface area contributed by atoms with Crippen LogP contribution in [0.25, 0.3) is 0 Å². The Morgan fingerprint density at radius 1 is 0.902 bits per heavy atom. The zero-order valence-electron chi connectivity index (χ0n) is 24.4. The highest BCUT2D eigenvalue weighted by Crippen LogP contribution is 2.23. The Bertz CT molecular complexity index is 1420. The number of nitrogens with zero attached hydrogens (tertiary/aromatic N) is 2. The third-order valence-corrected chi connectivity index (χ3v) is 8.28. The second-order valence-electron chi connectivity index (χ2n) is 10.8. The van der Waals surface area contributed by atoms with Gasteiger partial charge in [0.1, 0.15) is 6.04 Å². The average molecular weight is 643 g/mol. The standard InChI is InChI=1S/C32H40BrN3O4S/c1-23(2)34-32(38)30(21-26-11-7-6-8-12-26)35(22-27-13-9-14-28(33)20-27)31(37)15-10-16-36(41(5,39)40)29-18-24(3)17-25(4)19-29/h6-9,11-14,17-20,23,30H,10,15-16,21-22H2,1-5H3,(H,34,38)/t30-/m0/s1. The van der Waals surface area contributed by atoms with E-state index in [0.717, 1.165) is 26.7 Å². The molecular formula is C32H40BrN3O4S. The molecule has 0 aromatic heterocycles. The van der Waals surface area contributed by atoms with Crippen molar-refractivity contribution in [2.45, 2.75) is 65.6 Å². The minimum absolute atomic E-state index is 0.0884. The third kappa shape index (κ3) is 10.0. The number of halogens is 1. The van der Waals surface area contributed by atoms with Gasteiger partial charge >= 0.3 is 0 Å². The Morgan fingerprint density at radius 3 is 2.12 bits per heavy atom. The van der Waals surface area contributed by atoms with Crippen LogP contribution in [0.1, 0.15) is 48.9 Å². The van der Waals surface area contributed by atoms with E-state index in [1.54, 1.807) is 4.90 Å². The molecule has 2 amide bonds. The second kappa shape index (κ2) is 14.6. The number of hydrogen-bond donors (Lipinski definition) is 1. The quantitative estimate of drug-likeness (QED) is 0.256. The summed E-state index contributed by atoms with van der Waals surface area (Å²) in [5.41, 5.74) is 4.34. The Kier molecular flexibility index (Phi) is 11.5. The summed E-state index contributed by atoms with van der Waals surface area (Å²) in [5, 5.41) is 2.99. The van der Waals surface area contributed by atoms with Crippen LogP contribution in [0, 0.1) is 13.8 Å². The van der Waals surface area contributed by atoms with E-state index < -0.39 is 16.1 Å². The summed E-state index contributed by atoms with van der Waals surface area (Å²) in [7, 11) is -3.57. The Morgan fingerprint density at radius 2 is 1.54 bits per heavy atom.